The van der Waals surface area contributed by atoms with Crippen molar-refractivity contribution in [2.45, 2.75) is 23.7 Å². The Balaban J connectivity index is 2.82. The largest absolute Gasteiger partial charge is 0.387 e. The highest BCUT2D eigenvalue weighted by atomic mass is 32.2. The zero-order chi connectivity index (χ0) is 10.2. The minimum absolute atomic E-state index is 0.635. The number of aliphatic hydroxyl groups is 3. The molecule has 1 aliphatic heterocycles. The van der Waals surface area contributed by atoms with Gasteiger partial charge in [-0.1, -0.05) is 0 Å². The van der Waals surface area contributed by atoms with Crippen LogP contribution in [0.25, 0.3) is 0 Å². The number of hydrogen-bond donors (Lipinski definition) is 4. The first-order valence-corrected chi connectivity index (χ1v) is 4.83. The molecule has 0 aromatic rings. The Morgan fingerprint density at radius 2 is 1.69 bits per heavy atom. The molecule has 0 saturated carbocycles. The van der Waals surface area contributed by atoms with Gasteiger partial charge in [0.15, 0.2) is 0 Å². The highest BCUT2D eigenvalue weighted by Crippen LogP contribution is 2.21. The molecule has 0 aromatic carbocycles. The Morgan fingerprint density at radius 3 is 2.15 bits per heavy atom. The summed E-state index contributed by atoms with van der Waals surface area (Å²) in [6.45, 7) is 0.635. The van der Waals surface area contributed by atoms with E-state index in [0.29, 0.717) is 6.61 Å². The van der Waals surface area contributed by atoms with Gasteiger partial charge in [-0.25, -0.2) is 0 Å². The standard InChI is InChI=1S/C5H9O7S/c6-2-1-12-5(13(9,10)11)4(8)3(2)7/h1-8H,(H,9,10,11)/t2-,3+,4-,5?/m0/s1. The molecule has 7 nitrogen and oxygen atoms in total. The maximum atomic E-state index is 10.5. The zero-order valence-corrected chi connectivity index (χ0v) is 7.13. The average molecular weight is 213 g/mol. The van der Waals surface area contributed by atoms with Gasteiger partial charge in [0, 0.05) is 0 Å². The Hall–Kier alpha value is -0.250. The van der Waals surface area contributed by atoms with Crippen LogP contribution < -0.4 is 0 Å². The summed E-state index contributed by atoms with van der Waals surface area (Å²) in [7, 11) is -4.61. The Bertz CT molecular complexity index is 273. The molecule has 13 heavy (non-hydrogen) atoms. The van der Waals surface area contributed by atoms with Gasteiger partial charge in [-0.05, 0) is 0 Å². The predicted molar refractivity (Wildman–Crippen MR) is 38.7 cm³/mol. The van der Waals surface area contributed by atoms with E-state index in [2.05, 4.69) is 4.74 Å². The summed E-state index contributed by atoms with van der Waals surface area (Å²) in [4.78, 5) is 0. The van der Waals surface area contributed by atoms with E-state index < -0.39 is 33.9 Å². The lowest BCUT2D eigenvalue weighted by atomic mass is 10.1. The second-order valence-corrected chi connectivity index (χ2v) is 4.12. The summed E-state index contributed by atoms with van der Waals surface area (Å²) in [6.07, 6.45) is -5.05. The molecule has 8 heteroatoms. The smallest absolute Gasteiger partial charge is 0.295 e. The molecule has 1 rings (SSSR count). The topological polar surface area (TPSA) is 124 Å². The van der Waals surface area contributed by atoms with E-state index in [9.17, 15) is 8.42 Å². The van der Waals surface area contributed by atoms with Gasteiger partial charge in [-0.3, -0.25) is 4.55 Å². The van der Waals surface area contributed by atoms with Crippen LogP contribution in [0.2, 0.25) is 0 Å². The normalized spacial score (nSPS) is 41.8. The fourth-order valence-corrected chi connectivity index (χ4v) is 1.65. The number of hydrogen-bond acceptors (Lipinski definition) is 6. The summed E-state index contributed by atoms with van der Waals surface area (Å²) in [6, 6.07) is 0. The quantitative estimate of drug-likeness (QED) is 0.354. The molecule has 0 aromatic heterocycles. The van der Waals surface area contributed by atoms with Crippen LogP contribution in [0.1, 0.15) is 0 Å². The summed E-state index contributed by atoms with van der Waals surface area (Å²) in [5.74, 6) is 0. The fourth-order valence-electron chi connectivity index (χ4n) is 0.928. The molecule has 77 valence electrons. The molecule has 1 aliphatic rings. The molecule has 1 fully saturated rings. The van der Waals surface area contributed by atoms with Crippen molar-refractivity contribution in [1.82, 2.24) is 0 Å². The third-order valence-electron chi connectivity index (χ3n) is 1.62. The lowest BCUT2D eigenvalue weighted by Gasteiger charge is -2.32. The molecule has 0 aliphatic carbocycles. The van der Waals surface area contributed by atoms with E-state index in [1.165, 1.54) is 0 Å². The van der Waals surface area contributed by atoms with Crippen molar-refractivity contribution < 1.29 is 33.0 Å². The molecular weight excluding hydrogens is 204 g/mol. The summed E-state index contributed by atoms with van der Waals surface area (Å²) in [5.41, 5.74) is -1.95. The Labute approximate surface area is 74.3 Å². The highest BCUT2D eigenvalue weighted by Gasteiger charge is 2.44. The van der Waals surface area contributed by atoms with Crippen LogP contribution in [0.3, 0.4) is 0 Å². The van der Waals surface area contributed by atoms with Crippen LogP contribution in [-0.2, 0) is 14.9 Å². The average Bonchev–Trinajstić information content (AvgIpc) is 1.98. The third-order valence-corrected chi connectivity index (χ3v) is 2.60. The first-order valence-electron chi connectivity index (χ1n) is 3.33. The molecule has 0 amide bonds. The first kappa shape index (κ1) is 10.8. The zero-order valence-electron chi connectivity index (χ0n) is 6.31. The van der Waals surface area contributed by atoms with E-state index in [0.717, 1.165) is 0 Å². The Morgan fingerprint density at radius 1 is 1.15 bits per heavy atom. The van der Waals surface area contributed by atoms with Gasteiger partial charge >= 0.3 is 0 Å². The molecule has 4 N–H and O–H groups in total. The number of aliphatic hydroxyl groups excluding tert-OH is 3. The van der Waals surface area contributed by atoms with Crippen molar-refractivity contribution in [2.75, 3.05) is 0 Å². The van der Waals surface area contributed by atoms with Crippen LogP contribution in [0.5, 0.6) is 0 Å². The Kier molecular flexibility index (Phi) is 2.90. The molecule has 0 bridgehead atoms. The van der Waals surface area contributed by atoms with Gasteiger partial charge < -0.3 is 20.1 Å². The van der Waals surface area contributed by atoms with Crippen molar-refractivity contribution in [3.63, 3.8) is 0 Å². The molecule has 1 radical (unpaired) electrons. The summed E-state index contributed by atoms with van der Waals surface area (Å²) >= 11 is 0. The number of ether oxygens (including phenoxy) is 1. The van der Waals surface area contributed by atoms with E-state index in [1.54, 1.807) is 0 Å². The van der Waals surface area contributed by atoms with Crippen LogP contribution in [0.15, 0.2) is 0 Å². The summed E-state index contributed by atoms with van der Waals surface area (Å²) < 4.78 is 33.8. The van der Waals surface area contributed by atoms with Gasteiger partial charge in [0.05, 0.1) is 0 Å². The van der Waals surface area contributed by atoms with Crippen molar-refractivity contribution in [1.29, 1.82) is 0 Å². The second kappa shape index (κ2) is 3.48. The third kappa shape index (κ3) is 2.16. The highest BCUT2D eigenvalue weighted by molar-refractivity contribution is 7.86. The van der Waals surface area contributed by atoms with E-state index in [1.807, 2.05) is 0 Å². The molecule has 0 spiro atoms. The van der Waals surface area contributed by atoms with Gasteiger partial charge in [-0.15, -0.1) is 0 Å². The minimum atomic E-state index is -4.61. The monoisotopic (exact) mass is 213 g/mol. The van der Waals surface area contributed by atoms with E-state index >= 15 is 0 Å². The first-order chi connectivity index (χ1) is 5.84. The minimum Gasteiger partial charge on any atom is -0.387 e. The van der Waals surface area contributed by atoms with Crippen molar-refractivity contribution >= 4 is 10.1 Å². The summed E-state index contributed by atoms with van der Waals surface area (Å²) in [5, 5.41) is 26.9. The van der Waals surface area contributed by atoms with Crippen LogP contribution in [0.4, 0.5) is 0 Å². The van der Waals surface area contributed by atoms with Crippen LogP contribution >= 0.6 is 0 Å². The van der Waals surface area contributed by atoms with Crippen molar-refractivity contribution in [2.24, 2.45) is 0 Å². The van der Waals surface area contributed by atoms with Crippen molar-refractivity contribution in [3.8, 4) is 0 Å². The van der Waals surface area contributed by atoms with Crippen molar-refractivity contribution in [3.05, 3.63) is 6.61 Å². The lowest BCUT2D eigenvalue weighted by Crippen LogP contribution is -2.53. The maximum absolute atomic E-state index is 10.5. The maximum Gasteiger partial charge on any atom is 0.295 e. The van der Waals surface area contributed by atoms with Gasteiger partial charge in [0.25, 0.3) is 10.1 Å². The molecule has 1 heterocycles. The molecule has 1 unspecified atom stereocenters. The fraction of sp³-hybridized carbons (Fsp3) is 0.800. The van der Waals surface area contributed by atoms with Crippen LogP contribution in [-0.4, -0.2) is 52.0 Å². The van der Waals surface area contributed by atoms with Gasteiger partial charge in [0.1, 0.15) is 24.9 Å². The second-order valence-electron chi connectivity index (χ2n) is 2.63. The lowest BCUT2D eigenvalue weighted by molar-refractivity contribution is -0.138. The van der Waals surface area contributed by atoms with E-state index in [4.69, 9.17) is 19.9 Å². The molecular formula is C5H9O7S. The molecule has 4 atom stereocenters. The van der Waals surface area contributed by atoms with Gasteiger partial charge in [0.2, 0.25) is 5.44 Å². The number of rotatable bonds is 1. The van der Waals surface area contributed by atoms with Gasteiger partial charge in [-0.2, -0.15) is 8.42 Å². The predicted octanol–water partition coefficient (Wildman–Crippen LogP) is -2.53. The SMILES string of the molecule is O=S(=O)(O)C1O[CH][C@H](O)[C@@H](O)[C@@H]1O. The van der Waals surface area contributed by atoms with Crippen LogP contribution in [0, 0.1) is 6.61 Å². The van der Waals surface area contributed by atoms with E-state index in [-0.39, 0.29) is 0 Å². The molecule has 1 saturated heterocycles.